The summed E-state index contributed by atoms with van der Waals surface area (Å²) in [5.74, 6) is -1.09. The van der Waals surface area contributed by atoms with Gasteiger partial charge in [-0.05, 0) is 30.0 Å². The standard InChI is InChI=1S/C16H22F2N2O/c1-11(2)5-3-4-8-20-15(21)10-19-16(20)12-6-7-13(17)14(18)9-12/h6-7,9,11,16,19H,3-5,8,10H2,1-2H3. The molecule has 1 amide bonds. The van der Waals surface area contributed by atoms with Gasteiger partial charge in [0.2, 0.25) is 5.91 Å². The molecule has 1 N–H and O–H groups in total. The summed E-state index contributed by atoms with van der Waals surface area (Å²) in [6.07, 6.45) is 2.76. The van der Waals surface area contributed by atoms with Crippen molar-refractivity contribution < 1.29 is 13.6 Å². The first-order valence-corrected chi connectivity index (χ1v) is 7.47. The molecule has 0 saturated carbocycles. The fourth-order valence-corrected chi connectivity index (χ4v) is 2.61. The normalized spacial score (nSPS) is 18.8. The van der Waals surface area contributed by atoms with Crippen LogP contribution in [0, 0.1) is 17.6 Å². The number of nitrogens with one attached hydrogen (secondary N) is 1. The Labute approximate surface area is 124 Å². The van der Waals surface area contributed by atoms with Crippen LogP contribution in [-0.4, -0.2) is 23.9 Å². The van der Waals surface area contributed by atoms with Crippen LogP contribution in [0.1, 0.15) is 44.8 Å². The van der Waals surface area contributed by atoms with Crippen LogP contribution in [0.25, 0.3) is 0 Å². The molecule has 0 bridgehead atoms. The van der Waals surface area contributed by atoms with E-state index in [4.69, 9.17) is 0 Å². The van der Waals surface area contributed by atoms with Crippen molar-refractivity contribution in [1.29, 1.82) is 0 Å². The molecule has 1 unspecified atom stereocenters. The molecule has 0 spiro atoms. The Morgan fingerprint density at radius 1 is 1.29 bits per heavy atom. The number of hydrogen-bond donors (Lipinski definition) is 1. The van der Waals surface area contributed by atoms with Crippen LogP contribution < -0.4 is 5.32 Å². The molecule has 1 aliphatic rings. The zero-order valence-electron chi connectivity index (χ0n) is 12.5. The Bertz CT molecular complexity index is 505. The summed E-state index contributed by atoms with van der Waals surface area (Å²) in [5, 5.41) is 3.06. The lowest BCUT2D eigenvalue weighted by atomic mass is 10.1. The van der Waals surface area contributed by atoms with Gasteiger partial charge in [-0.15, -0.1) is 0 Å². The lowest BCUT2D eigenvalue weighted by molar-refractivity contribution is -0.128. The van der Waals surface area contributed by atoms with Crippen molar-refractivity contribution >= 4 is 5.91 Å². The minimum Gasteiger partial charge on any atom is -0.322 e. The fourth-order valence-electron chi connectivity index (χ4n) is 2.61. The second kappa shape index (κ2) is 6.98. The van der Waals surface area contributed by atoms with E-state index in [0.29, 0.717) is 18.0 Å². The first kappa shape index (κ1) is 15.9. The SMILES string of the molecule is CC(C)CCCCN1C(=O)CNC1c1ccc(F)c(F)c1. The maximum atomic E-state index is 13.3. The molecule has 3 nitrogen and oxygen atoms in total. The van der Waals surface area contributed by atoms with Gasteiger partial charge in [0.1, 0.15) is 6.17 Å². The highest BCUT2D eigenvalue weighted by molar-refractivity contribution is 5.80. The third kappa shape index (κ3) is 4.00. The highest BCUT2D eigenvalue weighted by Crippen LogP contribution is 2.24. The number of hydrogen-bond acceptors (Lipinski definition) is 2. The van der Waals surface area contributed by atoms with Crippen LogP contribution in [0.5, 0.6) is 0 Å². The third-order valence-corrected chi connectivity index (χ3v) is 3.77. The number of rotatable bonds is 6. The minimum absolute atomic E-state index is 0.00859. The molecule has 1 aromatic rings. The van der Waals surface area contributed by atoms with Crippen molar-refractivity contribution in [2.75, 3.05) is 13.1 Å². The number of carbonyl (C=O) groups excluding carboxylic acids is 1. The summed E-state index contributed by atoms with van der Waals surface area (Å²) in [4.78, 5) is 13.6. The van der Waals surface area contributed by atoms with Gasteiger partial charge >= 0.3 is 0 Å². The van der Waals surface area contributed by atoms with Crippen molar-refractivity contribution in [3.8, 4) is 0 Å². The van der Waals surface area contributed by atoms with Gasteiger partial charge in [-0.1, -0.05) is 32.8 Å². The molecule has 0 radical (unpaired) electrons. The van der Waals surface area contributed by atoms with Crippen LogP contribution in [-0.2, 0) is 4.79 Å². The van der Waals surface area contributed by atoms with Crippen molar-refractivity contribution in [2.45, 2.75) is 39.3 Å². The van der Waals surface area contributed by atoms with E-state index in [9.17, 15) is 13.6 Å². The molecule has 1 saturated heterocycles. The van der Waals surface area contributed by atoms with Gasteiger partial charge in [-0.2, -0.15) is 0 Å². The van der Waals surface area contributed by atoms with E-state index < -0.39 is 11.6 Å². The number of nitrogens with zero attached hydrogens (tertiary/aromatic N) is 1. The van der Waals surface area contributed by atoms with E-state index in [2.05, 4.69) is 19.2 Å². The Hall–Kier alpha value is -1.49. The number of carbonyl (C=O) groups is 1. The third-order valence-electron chi connectivity index (χ3n) is 3.77. The lowest BCUT2D eigenvalue weighted by Crippen LogP contribution is -2.31. The van der Waals surface area contributed by atoms with Crippen LogP contribution in [0.15, 0.2) is 18.2 Å². The monoisotopic (exact) mass is 296 g/mol. The number of benzene rings is 1. The summed E-state index contributed by atoms with van der Waals surface area (Å²) in [6, 6.07) is 3.79. The quantitative estimate of drug-likeness (QED) is 0.818. The molecule has 1 atom stereocenters. The molecule has 5 heteroatoms. The topological polar surface area (TPSA) is 32.3 Å². The molecular weight excluding hydrogens is 274 g/mol. The van der Waals surface area contributed by atoms with Crippen molar-refractivity contribution in [3.63, 3.8) is 0 Å². The van der Waals surface area contributed by atoms with Gasteiger partial charge in [0.15, 0.2) is 11.6 Å². The molecule has 2 rings (SSSR count). The molecule has 0 aromatic heterocycles. The summed E-state index contributed by atoms with van der Waals surface area (Å²) in [7, 11) is 0. The summed E-state index contributed by atoms with van der Waals surface area (Å²) >= 11 is 0. The predicted octanol–water partition coefficient (Wildman–Crippen LogP) is 3.22. The van der Waals surface area contributed by atoms with Crippen molar-refractivity contribution in [1.82, 2.24) is 10.2 Å². The zero-order chi connectivity index (χ0) is 15.4. The van der Waals surface area contributed by atoms with Gasteiger partial charge in [0.25, 0.3) is 0 Å². The van der Waals surface area contributed by atoms with Gasteiger partial charge in [0, 0.05) is 6.54 Å². The average molecular weight is 296 g/mol. The van der Waals surface area contributed by atoms with E-state index in [0.717, 1.165) is 31.4 Å². The Morgan fingerprint density at radius 3 is 2.71 bits per heavy atom. The molecule has 21 heavy (non-hydrogen) atoms. The first-order chi connectivity index (χ1) is 9.99. The van der Waals surface area contributed by atoms with Gasteiger partial charge in [0.05, 0.1) is 6.54 Å². The average Bonchev–Trinajstić information content (AvgIpc) is 2.79. The molecule has 116 valence electrons. The number of amides is 1. The first-order valence-electron chi connectivity index (χ1n) is 7.47. The molecule has 1 aromatic carbocycles. The number of halogens is 2. The Balaban J connectivity index is 2.00. The summed E-state index contributed by atoms with van der Waals surface area (Å²) < 4.78 is 26.4. The van der Waals surface area contributed by atoms with Crippen molar-refractivity contribution in [2.24, 2.45) is 5.92 Å². The van der Waals surface area contributed by atoms with Gasteiger partial charge in [-0.25, -0.2) is 8.78 Å². The highest BCUT2D eigenvalue weighted by Gasteiger charge is 2.31. The second-order valence-corrected chi connectivity index (χ2v) is 5.93. The van der Waals surface area contributed by atoms with Crippen LogP contribution in [0.4, 0.5) is 8.78 Å². The molecule has 1 aliphatic heterocycles. The van der Waals surface area contributed by atoms with E-state index in [-0.39, 0.29) is 18.6 Å². The summed E-state index contributed by atoms with van der Waals surface area (Å²) in [6.45, 7) is 5.23. The minimum atomic E-state index is -0.881. The van der Waals surface area contributed by atoms with Crippen LogP contribution in [0.3, 0.4) is 0 Å². The zero-order valence-corrected chi connectivity index (χ0v) is 12.5. The van der Waals surface area contributed by atoms with E-state index in [1.165, 1.54) is 6.07 Å². The Morgan fingerprint density at radius 2 is 2.05 bits per heavy atom. The summed E-state index contributed by atoms with van der Waals surface area (Å²) in [5.41, 5.74) is 0.587. The molecule has 1 heterocycles. The largest absolute Gasteiger partial charge is 0.322 e. The molecule has 0 aliphatic carbocycles. The van der Waals surface area contributed by atoms with Crippen LogP contribution in [0.2, 0.25) is 0 Å². The smallest absolute Gasteiger partial charge is 0.238 e. The van der Waals surface area contributed by atoms with Gasteiger partial charge in [-0.3, -0.25) is 10.1 Å². The maximum absolute atomic E-state index is 13.3. The second-order valence-electron chi connectivity index (χ2n) is 5.93. The van der Waals surface area contributed by atoms with E-state index in [1.807, 2.05) is 0 Å². The molecule has 1 fully saturated rings. The number of unbranched alkanes of at least 4 members (excludes halogenated alkanes) is 1. The highest BCUT2D eigenvalue weighted by atomic mass is 19.2. The Kier molecular flexibility index (Phi) is 5.28. The molecular formula is C16H22F2N2O. The van der Waals surface area contributed by atoms with Gasteiger partial charge < -0.3 is 4.90 Å². The maximum Gasteiger partial charge on any atom is 0.238 e. The predicted molar refractivity (Wildman–Crippen MR) is 77.5 cm³/mol. The fraction of sp³-hybridized carbons (Fsp3) is 0.562. The van der Waals surface area contributed by atoms with E-state index >= 15 is 0 Å². The van der Waals surface area contributed by atoms with Crippen LogP contribution >= 0.6 is 0 Å². The van der Waals surface area contributed by atoms with Crippen molar-refractivity contribution in [3.05, 3.63) is 35.4 Å². The van der Waals surface area contributed by atoms with E-state index in [1.54, 1.807) is 4.90 Å². The lowest BCUT2D eigenvalue weighted by Gasteiger charge is -2.25.